The lowest BCUT2D eigenvalue weighted by atomic mass is 9.86. The smallest absolute Gasteiger partial charge is 0.333 e. The molecule has 86 valence electrons. The summed E-state index contributed by atoms with van der Waals surface area (Å²) in [5, 5.41) is 0. The first-order chi connectivity index (χ1) is 6.57. The van der Waals surface area contributed by atoms with Crippen LogP contribution in [0.2, 0.25) is 0 Å². The fourth-order valence-corrected chi connectivity index (χ4v) is 1.04. The number of allylic oxidation sites excluding steroid dienone is 1. The third-order valence-electron chi connectivity index (χ3n) is 1.91. The molecule has 0 fully saturated rings. The normalized spacial score (nSPS) is 12.1. The highest BCUT2D eigenvalue weighted by molar-refractivity contribution is 5.88. The molecule has 0 saturated carbocycles. The van der Waals surface area contributed by atoms with Gasteiger partial charge in [0.25, 0.3) is 0 Å². The molecule has 0 spiro atoms. The highest BCUT2D eigenvalue weighted by atomic mass is 16.6. The number of rotatable bonds is 4. The van der Waals surface area contributed by atoms with E-state index in [0.717, 1.165) is 0 Å². The van der Waals surface area contributed by atoms with Crippen LogP contribution in [0.1, 0.15) is 41.0 Å². The summed E-state index contributed by atoms with van der Waals surface area (Å²) in [4.78, 5) is 11.6. The molecule has 0 unspecified atom stereocenters. The average molecular weight is 210 g/mol. The Balaban J connectivity index is 4.36. The third kappa shape index (κ3) is 6.10. The molecule has 0 aromatic carbocycles. The van der Waals surface area contributed by atoms with Gasteiger partial charge in [-0.2, -0.15) is 0 Å². The van der Waals surface area contributed by atoms with Crippen molar-refractivity contribution in [3.05, 3.63) is 24.8 Å². The van der Waals surface area contributed by atoms with E-state index in [1.165, 1.54) is 0 Å². The number of hydrogen-bond donors (Lipinski definition) is 0. The summed E-state index contributed by atoms with van der Waals surface area (Å²) in [6.45, 7) is 17.0. The van der Waals surface area contributed by atoms with E-state index in [0.29, 0.717) is 12.0 Å². The van der Waals surface area contributed by atoms with Gasteiger partial charge >= 0.3 is 5.97 Å². The van der Waals surface area contributed by atoms with Crippen LogP contribution in [0.3, 0.4) is 0 Å². The Morgan fingerprint density at radius 3 is 2.07 bits per heavy atom. The van der Waals surface area contributed by atoms with Crippen LogP contribution in [0.15, 0.2) is 24.8 Å². The Kier molecular flexibility index (Phi) is 4.32. The van der Waals surface area contributed by atoms with E-state index in [4.69, 9.17) is 4.74 Å². The molecule has 0 aromatic heterocycles. The first-order valence-corrected chi connectivity index (χ1v) is 5.12. The van der Waals surface area contributed by atoms with Crippen molar-refractivity contribution >= 4 is 5.97 Å². The van der Waals surface area contributed by atoms with Gasteiger partial charge in [0, 0.05) is 5.57 Å². The fraction of sp³-hybridized carbons (Fsp3) is 0.615. The number of esters is 1. The maximum absolute atomic E-state index is 11.6. The predicted octanol–water partition coefficient (Wildman–Crippen LogP) is 3.49. The number of hydrogen-bond acceptors (Lipinski definition) is 2. The molecule has 2 nitrogen and oxygen atoms in total. The molecule has 0 N–H and O–H groups in total. The van der Waals surface area contributed by atoms with Gasteiger partial charge in [0.15, 0.2) is 0 Å². The average Bonchev–Trinajstić information content (AvgIpc) is 2.00. The van der Waals surface area contributed by atoms with E-state index in [9.17, 15) is 4.79 Å². The number of carbonyl (C=O) groups excluding carboxylic acids is 1. The monoisotopic (exact) mass is 210 g/mol. The topological polar surface area (TPSA) is 26.3 Å². The number of ether oxygens (including phenoxy) is 1. The molecule has 0 aliphatic carbocycles. The van der Waals surface area contributed by atoms with Gasteiger partial charge in [0.05, 0.1) is 0 Å². The Bertz CT molecular complexity index is 267. The maximum Gasteiger partial charge on any atom is 0.333 e. The van der Waals surface area contributed by atoms with Crippen molar-refractivity contribution in [1.82, 2.24) is 0 Å². The van der Waals surface area contributed by atoms with Gasteiger partial charge in [0.1, 0.15) is 5.60 Å². The molecule has 0 bridgehead atoms. The zero-order valence-electron chi connectivity index (χ0n) is 10.5. The lowest BCUT2D eigenvalue weighted by Crippen LogP contribution is -2.26. The van der Waals surface area contributed by atoms with Gasteiger partial charge in [-0.1, -0.05) is 26.5 Å². The summed E-state index contributed by atoms with van der Waals surface area (Å²) in [6, 6.07) is 0. The van der Waals surface area contributed by atoms with Gasteiger partial charge < -0.3 is 4.74 Å². The predicted molar refractivity (Wildman–Crippen MR) is 63.6 cm³/mol. The first kappa shape index (κ1) is 13.9. The number of carbonyl (C=O) groups is 1. The molecule has 0 radical (unpaired) electrons. The highest BCUT2D eigenvalue weighted by Crippen LogP contribution is 2.26. The van der Waals surface area contributed by atoms with Crippen LogP contribution >= 0.6 is 0 Å². The third-order valence-corrected chi connectivity index (χ3v) is 1.91. The van der Waals surface area contributed by atoms with E-state index in [1.54, 1.807) is 0 Å². The van der Waals surface area contributed by atoms with E-state index in [2.05, 4.69) is 13.2 Å². The van der Waals surface area contributed by atoms with Gasteiger partial charge in [-0.05, 0) is 32.6 Å². The van der Waals surface area contributed by atoms with Crippen molar-refractivity contribution in [2.45, 2.75) is 46.6 Å². The van der Waals surface area contributed by atoms with E-state index in [-0.39, 0.29) is 11.4 Å². The molecule has 0 rings (SSSR count). The van der Waals surface area contributed by atoms with Gasteiger partial charge in [-0.25, -0.2) is 4.79 Å². The minimum absolute atomic E-state index is 0.117. The fourth-order valence-electron chi connectivity index (χ4n) is 1.04. The van der Waals surface area contributed by atoms with Gasteiger partial charge in [0.2, 0.25) is 0 Å². The first-order valence-electron chi connectivity index (χ1n) is 5.12. The molecule has 0 aromatic rings. The quantitative estimate of drug-likeness (QED) is 0.403. The molecule has 0 aliphatic heterocycles. The van der Waals surface area contributed by atoms with E-state index >= 15 is 0 Å². The molecule has 2 heteroatoms. The summed E-state index contributed by atoms with van der Waals surface area (Å²) in [6.07, 6.45) is 2.40. The molecule has 0 heterocycles. The minimum atomic E-state index is -0.460. The summed E-state index contributed by atoms with van der Waals surface area (Å²) in [5.74, 6) is -0.322. The highest BCUT2D eigenvalue weighted by Gasteiger charge is 2.23. The SMILES string of the molecule is C=CC(C)(C)CC(=C)C(=O)OC(C)(C)C. The van der Waals surface area contributed by atoms with Crippen LogP contribution in [0, 0.1) is 5.41 Å². The Hall–Kier alpha value is -1.05. The van der Waals surface area contributed by atoms with Crippen LogP contribution in [-0.2, 0) is 9.53 Å². The van der Waals surface area contributed by atoms with Gasteiger partial charge in [-0.15, -0.1) is 6.58 Å². The summed E-state index contributed by atoms with van der Waals surface area (Å²) < 4.78 is 5.22. The van der Waals surface area contributed by atoms with Crippen LogP contribution in [0.5, 0.6) is 0 Å². The second-order valence-electron chi connectivity index (χ2n) is 5.47. The molecule has 0 saturated heterocycles. The standard InChI is InChI=1S/C13H22O2/c1-8-13(6,7)9-10(2)11(14)15-12(3,4)5/h8H,1-2,9H2,3-7H3. The second-order valence-corrected chi connectivity index (χ2v) is 5.47. The van der Waals surface area contributed by atoms with Crippen LogP contribution < -0.4 is 0 Å². The van der Waals surface area contributed by atoms with Crippen molar-refractivity contribution in [3.63, 3.8) is 0 Å². The van der Waals surface area contributed by atoms with Crippen molar-refractivity contribution < 1.29 is 9.53 Å². The van der Waals surface area contributed by atoms with Crippen LogP contribution in [-0.4, -0.2) is 11.6 Å². The summed E-state index contributed by atoms with van der Waals surface area (Å²) in [7, 11) is 0. The zero-order chi connectivity index (χ0) is 12.3. The van der Waals surface area contributed by atoms with Crippen LogP contribution in [0.25, 0.3) is 0 Å². The van der Waals surface area contributed by atoms with Gasteiger partial charge in [-0.3, -0.25) is 0 Å². The van der Waals surface area contributed by atoms with Crippen molar-refractivity contribution in [3.8, 4) is 0 Å². The van der Waals surface area contributed by atoms with E-state index in [1.807, 2.05) is 40.7 Å². The molecule has 0 atom stereocenters. The zero-order valence-corrected chi connectivity index (χ0v) is 10.5. The molecule has 0 amide bonds. The van der Waals surface area contributed by atoms with Crippen molar-refractivity contribution in [1.29, 1.82) is 0 Å². The lowest BCUT2D eigenvalue weighted by Gasteiger charge is -2.24. The van der Waals surface area contributed by atoms with Crippen molar-refractivity contribution in [2.75, 3.05) is 0 Å². The van der Waals surface area contributed by atoms with Crippen molar-refractivity contribution in [2.24, 2.45) is 5.41 Å². The molecule has 0 aliphatic rings. The molecule has 15 heavy (non-hydrogen) atoms. The Labute approximate surface area is 93.0 Å². The minimum Gasteiger partial charge on any atom is -0.457 e. The second kappa shape index (κ2) is 4.65. The lowest BCUT2D eigenvalue weighted by molar-refractivity contribution is -0.150. The largest absolute Gasteiger partial charge is 0.457 e. The Morgan fingerprint density at radius 2 is 1.73 bits per heavy atom. The Morgan fingerprint density at radius 1 is 1.27 bits per heavy atom. The molecular formula is C13H22O2. The maximum atomic E-state index is 11.6. The van der Waals surface area contributed by atoms with E-state index < -0.39 is 5.60 Å². The van der Waals surface area contributed by atoms with Crippen LogP contribution in [0.4, 0.5) is 0 Å². The summed E-state index contributed by atoms with van der Waals surface area (Å²) in [5.41, 5.74) is -0.0818. The summed E-state index contributed by atoms with van der Waals surface area (Å²) >= 11 is 0. The molecular weight excluding hydrogens is 188 g/mol.